The number of benzene rings is 1. The third-order valence-corrected chi connectivity index (χ3v) is 5.46. The van der Waals surface area contributed by atoms with Crippen molar-refractivity contribution in [2.45, 2.75) is 25.8 Å². The maximum Gasteiger partial charge on any atom is 0.316 e. The summed E-state index contributed by atoms with van der Waals surface area (Å²) in [5.74, 6) is 1.15. The number of fused-ring (bicyclic) bond motifs is 1. The van der Waals surface area contributed by atoms with Gasteiger partial charge in [-0.3, -0.25) is 4.79 Å². The van der Waals surface area contributed by atoms with Crippen LogP contribution in [0.5, 0.6) is 0 Å². The molecule has 0 atom stereocenters. The minimum atomic E-state index is -0.220. The van der Waals surface area contributed by atoms with Gasteiger partial charge in [0.25, 0.3) is 0 Å². The Bertz CT molecular complexity index is 1010. The molecule has 28 heavy (non-hydrogen) atoms. The maximum atomic E-state index is 12.8. The SMILES string of the molecule is O=C(c1nc(-c2ccnc(N3CCCC3)c2)no1)N1CCc2ccccc2C1. The number of hydrogen-bond donors (Lipinski definition) is 0. The van der Waals surface area contributed by atoms with Crippen molar-refractivity contribution in [3.63, 3.8) is 0 Å². The van der Waals surface area contributed by atoms with E-state index >= 15 is 0 Å². The summed E-state index contributed by atoms with van der Waals surface area (Å²) in [6.07, 6.45) is 4.96. The van der Waals surface area contributed by atoms with Gasteiger partial charge in [-0.25, -0.2) is 4.98 Å². The molecule has 1 saturated heterocycles. The number of nitrogens with zero attached hydrogens (tertiary/aromatic N) is 5. The second-order valence-corrected chi connectivity index (χ2v) is 7.27. The van der Waals surface area contributed by atoms with Crippen molar-refractivity contribution >= 4 is 11.7 Å². The first-order chi connectivity index (χ1) is 13.8. The van der Waals surface area contributed by atoms with Gasteiger partial charge in [0.1, 0.15) is 5.82 Å². The Labute approximate surface area is 163 Å². The van der Waals surface area contributed by atoms with Crippen molar-refractivity contribution in [1.82, 2.24) is 20.0 Å². The molecule has 4 heterocycles. The summed E-state index contributed by atoms with van der Waals surface area (Å²) in [5, 5.41) is 4.03. The van der Waals surface area contributed by atoms with E-state index in [9.17, 15) is 4.79 Å². The van der Waals surface area contributed by atoms with Gasteiger partial charge in [0, 0.05) is 37.9 Å². The minimum absolute atomic E-state index is 0.0360. The summed E-state index contributed by atoms with van der Waals surface area (Å²) < 4.78 is 5.30. The van der Waals surface area contributed by atoms with Crippen LogP contribution >= 0.6 is 0 Å². The fourth-order valence-corrected chi connectivity index (χ4v) is 3.91. The van der Waals surface area contributed by atoms with E-state index < -0.39 is 0 Å². The number of amides is 1. The highest BCUT2D eigenvalue weighted by Gasteiger charge is 2.26. The van der Waals surface area contributed by atoms with Gasteiger partial charge < -0.3 is 14.3 Å². The van der Waals surface area contributed by atoms with E-state index in [4.69, 9.17) is 4.52 Å². The Kier molecular flexibility index (Phi) is 4.27. The first kappa shape index (κ1) is 16.9. The molecule has 0 bridgehead atoms. The van der Waals surface area contributed by atoms with Gasteiger partial charge in [-0.2, -0.15) is 4.98 Å². The largest absolute Gasteiger partial charge is 0.357 e. The summed E-state index contributed by atoms with van der Waals surface area (Å²) in [6, 6.07) is 12.0. The number of carbonyl (C=O) groups is 1. The second-order valence-electron chi connectivity index (χ2n) is 7.27. The van der Waals surface area contributed by atoms with Gasteiger partial charge >= 0.3 is 11.8 Å². The number of anilines is 1. The fourth-order valence-electron chi connectivity index (χ4n) is 3.91. The van der Waals surface area contributed by atoms with Crippen LogP contribution in [0.2, 0.25) is 0 Å². The normalized spacial score (nSPS) is 16.3. The molecule has 2 aromatic heterocycles. The third-order valence-electron chi connectivity index (χ3n) is 5.46. The second kappa shape index (κ2) is 7.07. The van der Waals surface area contributed by atoms with Gasteiger partial charge in [-0.1, -0.05) is 29.4 Å². The van der Waals surface area contributed by atoms with Crippen molar-refractivity contribution in [2.24, 2.45) is 0 Å². The summed E-state index contributed by atoms with van der Waals surface area (Å²) >= 11 is 0. The van der Waals surface area contributed by atoms with Crippen molar-refractivity contribution in [3.8, 4) is 11.4 Å². The van der Waals surface area contributed by atoms with E-state index in [0.717, 1.165) is 30.9 Å². The van der Waals surface area contributed by atoms with Gasteiger partial charge in [0.05, 0.1) is 0 Å². The smallest absolute Gasteiger partial charge is 0.316 e. The topological polar surface area (TPSA) is 75.4 Å². The molecule has 3 aromatic rings. The molecule has 2 aliphatic heterocycles. The Morgan fingerprint density at radius 2 is 1.86 bits per heavy atom. The monoisotopic (exact) mass is 375 g/mol. The molecule has 1 amide bonds. The highest BCUT2D eigenvalue weighted by atomic mass is 16.5. The van der Waals surface area contributed by atoms with Crippen LogP contribution < -0.4 is 4.90 Å². The highest BCUT2D eigenvalue weighted by molar-refractivity contribution is 5.90. The van der Waals surface area contributed by atoms with Gasteiger partial charge in [0.2, 0.25) is 5.82 Å². The molecule has 7 nitrogen and oxygen atoms in total. The van der Waals surface area contributed by atoms with Gasteiger partial charge in [-0.15, -0.1) is 0 Å². The molecule has 5 rings (SSSR count). The van der Waals surface area contributed by atoms with Crippen LogP contribution in [0, 0.1) is 0 Å². The van der Waals surface area contributed by atoms with E-state index in [0.29, 0.717) is 18.9 Å². The molecule has 1 fully saturated rings. The zero-order chi connectivity index (χ0) is 18.9. The third kappa shape index (κ3) is 3.13. The van der Waals surface area contributed by atoms with Crippen LogP contribution in [0.3, 0.4) is 0 Å². The number of pyridine rings is 1. The Morgan fingerprint density at radius 1 is 1.04 bits per heavy atom. The molecule has 0 saturated carbocycles. The van der Waals surface area contributed by atoms with E-state index in [1.165, 1.54) is 24.0 Å². The molecule has 0 aliphatic carbocycles. The lowest BCUT2D eigenvalue weighted by molar-refractivity contribution is 0.0684. The van der Waals surface area contributed by atoms with Crippen LogP contribution in [0.4, 0.5) is 5.82 Å². The predicted molar refractivity (Wildman–Crippen MR) is 104 cm³/mol. The first-order valence-electron chi connectivity index (χ1n) is 9.69. The van der Waals surface area contributed by atoms with E-state index in [1.54, 1.807) is 11.1 Å². The Hall–Kier alpha value is -3.22. The van der Waals surface area contributed by atoms with E-state index in [2.05, 4.69) is 32.2 Å². The van der Waals surface area contributed by atoms with Crippen molar-refractivity contribution in [1.29, 1.82) is 0 Å². The first-order valence-corrected chi connectivity index (χ1v) is 9.69. The molecule has 0 spiro atoms. The summed E-state index contributed by atoms with van der Waals surface area (Å²) in [6.45, 7) is 3.26. The molecule has 2 aliphatic rings. The van der Waals surface area contributed by atoms with E-state index in [-0.39, 0.29) is 11.8 Å². The lowest BCUT2D eigenvalue weighted by Crippen LogP contribution is -2.36. The molecular formula is C21H21N5O2. The van der Waals surface area contributed by atoms with Crippen LogP contribution in [-0.2, 0) is 13.0 Å². The summed E-state index contributed by atoms with van der Waals surface area (Å²) in [5.41, 5.74) is 3.28. The molecule has 7 heteroatoms. The Morgan fingerprint density at radius 3 is 2.71 bits per heavy atom. The number of carbonyl (C=O) groups excluding carboxylic acids is 1. The molecular weight excluding hydrogens is 354 g/mol. The summed E-state index contributed by atoms with van der Waals surface area (Å²) in [4.78, 5) is 25.7. The van der Waals surface area contributed by atoms with Crippen LogP contribution in [0.15, 0.2) is 47.1 Å². The predicted octanol–water partition coefficient (Wildman–Crippen LogP) is 2.93. The minimum Gasteiger partial charge on any atom is -0.357 e. The fraction of sp³-hybridized carbons (Fsp3) is 0.333. The number of hydrogen-bond acceptors (Lipinski definition) is 6. The van der Waals surface area contributed by atoms with Crippen molar-refractivity contribution in [3.05, 3.63) is 59.6 Å². The molecule has 1 aromatic carbocycles. The van der Waals surface area contributed by atoms with Crippen LogP contribution in [-0.4, -0.2) is 45.6 Å². The zero-order valence-electron chi connectivity index (χ0n) is 15.5. The van der Waals surface area contributed by atoms with Gasteiger partial charge in [0.15, 0.2) is 0 Å². The van der Waals surface area contributed by atoms with Gasteiger partial charge in [-0.05, 0) is 42.5 Å². The van der Waals surface area contributed by atoms with Crippen molar-refractivity contribution in [2.75, 3.05) is 24.5 Å². The summed E-state index contributed by atoms with van der Waals surface area (Å²) in [7, 11) is 0. The molecule has 0 radical (unpaired) electrons. The molecule has 0 unspecified atom stereocenters. The number of aromatic nitrogens is 3. The standard InChI is InChI=1S/C21H21N5O2/c27-21(26-12-8-15-5-1-2-6-17(15)14-26)20-23-19(24-28-20)16-7-9-22-18(13-16)25-10-3-4-11-25/h1-2,5-7,9,13H,3-4,8,10-12,14H2. The number of rotatable bonds is 3. The Balaban J connectivity index is 1.35. The van der Waals surface area contributed by atoms with Crippen molar-refractivity contribution < 1.29 is 9.32 Å². The van der Waals surface area contributed by atoms with Crippen LogP contribution in [0.25, 0.3) is 11.4 Å². The average molecular weight is 375 g/mol. The molecule has 0 N–H and O–H groups in total. The quantitative estimate of drug-likeness (QED) is 0.701. The van der Waals surface area contributed by atoms with Crippen LogP contribution in [0.1, 0.15) is 34.7 Å². The lowest BCUT2D eigenvalue weighted by atomic mass is 10.00. The maximum absolute atomic E-state index is 12.8. The van der Waals surface area contributed by atoms with E-state index in [1.807, 2.05) is 24.3 Å². The molecule has 142 valence electrons. The highest BCUT2D eigenvalue weighted by Crippen LogP contribution is 2.24. The lowest BCUT2D eigenvalue weighted by Gasteiger charge is -2.27. The zero-order valence-corrected chi connectivity index (χ0v) is 15.5. The average Bonchev–Trinajstić information content (AvgIpc) is 3.45.